The molecule has 0 saturated carbocycles. The van der Waals surface area contributed by atoms with Crippen LogP contribution in [0.2, 0.25) is 0 Å². The zero-order chi connectivity index (χ0) is 12.4. The number of ether oxygens (including phenoxy) is 2. The van der Waals surface area contributed by atoms with E-state index >= 15 is 0 Å². The Bertz CT molecular complexity index is 578. The van der Waals surface area contributed by atoms with E-state index in [0.717, 1.165) is 15.2 Å². The van der Waals surface area contributed by atoms with Gasteiger partial charge < -0.3 is 9.47 Å². The normalized spacial score (nSPS) is 10.3. The fourth-order valence-electron chi connectivity index (χ4n) is 1.75. The standard InChI is InChI=1S/C13H11BrO3/c1-16-12-10(13(15)17-2)7-8-5-3-4-6-9(8)11(12)14/h3-7H,1-2H3. The number of esters is 1. The number of carbonyl (C=O) groups is 1. The number of fused-ring (bicyclic) bond motifs is 1. The van der Waals surface area contributed by atoms with Crippen molar-refractivity contribution >= 4 is 32.7 Å². The number of hydrogen-bond donors (Lipinski definition) is 0. The van der Waals surface area contributed by atoms with E-state index in [-0.39, 0.29) is 0 Å². The maximum absolute atomic E-state index is 11.7. The molecule has 0 heterocycles. The molecule has 0 aliphatic heterocycles. The average molecular weight is 295 g/mol. The predicted molar refractivity (Wildman–Crippen MR) is 69.5 cm³/mol. The van der Waals surface area contributed by atoms with Crippen molar-refractivity contribution in [3.63, 3.8) is 0 Å². The minimum absolute atomic E-state index is 0.409. The zero-order valence-corrected chi connectivity index (χ0v) is 11.1. The summed E-state index contributed by atoms with van der Waals surface area (Å²) in [5, 5.41) is 1.96. The quantitative estimate of drug-likeness (QED) is 0.797. The van der Waals surface area contributed by atoms with Crippen molar-refractivity contribution in [1.29, 1.82) is 0 Å². The first kappa shape index (κ1) is 11.9. The molecule has 0 radical (unpaired) electrons. The number of halogens is 1. The van der Waals surface area contributed by atoms with E-state index in [4.69, 9.17) is 9.47 Å². The monoisotopic (exact) mass is 294 g/mol. The molecule has 17 heavy (non-hydrogen) atoms. The maximum Gasteiger partial charge on any atom is 0.341 e. The first-order chi connectivity index (χ1) is 8.19. The van der Waals surface area contributed by atoms with Gasteiger partial charge in [0.1, 0.15) is 11.3 Å². The molecule has 0 fully saturated rings. The Morgan fingerprint density at radius 2 is 1.94 bits per heavy atom. The summed E-state index contributed by atoms with van der Waals surface area (Å²) in [6.45, 7) is 0. The number of benzene rings is 2. The fraction of sp³-hybridized carbons (Fsp3) is 0.154. The van der Waals surface area contributed by atoms with Crippen LogP contribution < -0.4 is 4.74 Å². The van der Waals surface area contributed by atoms with Crippen LogP contribution in [-0.2, 0) is 4.74 Å². The summed E-state index contributed by atoms with van der Waals surface area (Å²) in [7, 11) is 2.88. The Hall–Kier alpha value is -1.55. The Balaban J connectivity index is 2.79. The van der Waals surface area contributed by atoms with Crippen LogP contribution in [-0.4, -0.2) is 20.2 Å². The summed E-state index contributed by atoms with van der Waals surface area (Å²) in [5.41, 5.74) is 0.417. The molecular formula is C13H11BrO3. The minimum Gasteiger partial charge on any atom is -0.495 e. The highest BCUT2D eigenvalue weighted by Gasteiger charge is 2.18. The molecule has 0 aromatic heterocycles. The van der Waals surface area contributed by atoms with Crippen molar-refractivity contribution < 1.29 is 14.3 Å². The van der Waals surface area contributed by atoms with Crippen LogP contribution >= 0.6 is 15.9 Å². The van der Waals surface area contributed by atoms with Crippen LogP contribution in [0.5, 0.6) is 5.75 Å². The Morgan fingerprint density at radius 3 is 2.59 bits per heavy atom. The van der Waals surface area contributed by atoms with E-state index in [2.05, 4.69) is 15.9 Å². The summed E-state index contributed by atoms with van der Waals surface area (Å²) in [6.07, 6.45) is 0. The van der Waals surface area contributed by atoms with Gasteiger partial charge in [0.05, 0.1) is 18.7 Å². The van der Waals surface area contributed by atoms with Crippen molar-refractivity contribution in [3.05, 3.63) is 40.4 Å². The van der Waals surface area contributed by atoms with Crippen LogP contribution in [0, 0.1) is 0 Å². The molecule has 2 aromatic carbocycles. The topological polar surface area (TPSA) is 35.5 Å². The van der Waals surface area contributed by atoms with E-state index in [9.17, 15) is 4.79 Å². The third kappa shape index (κ3) is 2.00. The van der Waals surface area contributed by atoms with E-state index in [1.165, 1.54) is 14.2 Å². The van der Waals surface area contributed by atoms with Crippen LogP contribution in [0.25, 0.3) is 10.8 Å². The van der Waals surface area contributed by atoms with Gasteiger partial charge in [0, 0.05) is 0 Å². The third-order valence-electron chi connectivity index (χ3n) is 2.55. The molecular weight excluding hydrogens is 284 g/mol. The zero-order valence-electron chi connectivity index (χ0n) is 9.49. The molecule has 0 bridgehead atoms. The molecule has 0 unspecified atom stereocenters. The Labute approximate surface area is 107 Å². The molecule has 0 amide bonds. The summed E-state index contributed by atoms with van der Waals surface area (Å²) in [6, 6.07) is 9.52. The first-order valence-electron chi connectivity index (χ1n) is 5.02. The largest absolute Gasteiger partial charge is 0.495 e. The van der Waals surface area contributed by atoms with Gasteiger partial charge in [-0.1, -0.05) is 24.3 Å². The highest BCUT2D eigenvalue weighted by molar-refractivity contribution is 9.10. The summed E-state index contributed by atoms with van der Waals surface area (Å²) >= 11 is 3.46. The second-order valence-corrected chi connectivity index (χ2v) is 4.28. The number of methoxy groups -OCH3 is 2. The third-order valence-corrected chi connectivity index (χ3v) is 3.34. The maximum atomic E-state index is 11.7. The van der Waals surface area contributed by atoms with Gasteiger partial charge in [-0.05, 0) is 32.8 Å². The van der Waals surface area contributed by atoms with Gasteiger partial charge in [-0.3, -0.25) is 0 Å². The van der Waals surface area contributed by atoms with Crippen molar-refractivity contribution in [2.45, 2.75) is 0 Å². The predicted octanol–water partition coefficient (Wildman–Crippen LogP) is 3.40. The van der Waals surface area contributed by atoms with Gasteiger partial charge in [0.25, 0.3) is 0 Å². The lowest BCUT2D eigenvalue weighted by atomic mass is 10.1. The van der Waals surface area contributed by atoms with E-state index in [1.54, 1.807) is 6.07 Å². The molecule has 0 aliphatic carbocycles. The van der Waals surface area contributed by atoms with Crippen molar-refractivity contribution in [2.24, 2.45) is 0 Å². The summed E-state index contributed by atoms with van der Waals surface area (Å²) < 4.78 is 10.8. The second kappa shape index (κ2) is 4.75. The lowest BCUT2D eigenvalue weighted by Crippen LogP contribution is -2.04. The molecule has 0 aliphatic rings. The van der Waals surface area contributed by atoms with E-state index in [0.29, 0.717) is 11.3 Å². The van der Waals surface area contributed by atoms with Crippen molar-refractivity contribution in [3.8, 4) is 5.75 Å². The van der Waals surface area contributed by atoms with Gasteiger partial charge in [-0.15, -0.1) is 0 Å². The van der Waals surface area contributed by atoms with Gasteiger partial charge >= 0.3 is 5.97 Å². The summed E-state index contributed by atoms with van der Waals surface area (Å²) in [4.78, 5) is 11.7. The smallest absolute Gasteiger partial charge is 0.341 e. The molecule has 4 heteroatoms. The summed E-state index contributed by atoms with van der Waals surface area (Å²) in [5.74, 6) is 0.0869. The first-order valence-corrected chi connectivity index (χ1v) is 5.82. The minimum atomic E-state index is -0.409. The molecule has 0 spiro atoms. The number of hydrogen-bond acceptors (Lipinski definition) is 3. The highest BCUT2D eigenvalue weighted by Crippen LogP contribution is 2.36. The Morgan fingerprint density at radius 1 is 1.24 bits per heavy atom. The molecule has 0 saturated heterocycles. The molecule has 3 nitrogen and oxygen atoms in total. The molecule has 0 N–H and O–H groups in total. The van der Waals surface area contributed by atoms with Crippen molar-refractivity contribution in [2.75, 3.05) is 14.2 Å². The highest BCUT2D eigenvalue weighted by atomic mass is 79.9. The van der Waals surface area contributed by atoms with E-state index < -0.39 is 5.97 Å². The molecule has 2 aromatic rings. The van der Waals surface area contributed by atoms with Gasteiger partial charge in [-0.25, -0.2) is 4.79 Å². The lowest BCUT2D eigenvalue weighted by Gasteiger charge is -2.11. The van der Waals surface area contributed by atoms with Crippen LogP contribution in [0.3, 0.4) is 0 Å². The van der Waals surface area contributed by atoms with Crippen LogP contribution in [0.15, 0.2) is 34.8 Å². The SMILES string of the molecule is COC(=O)c1cc2ccccc2c(Br)c1OC. The van der Waals surface area contributed by atoms with Crippen LogP contribution in [0.1, 0.15) is 10.4 Å². The van der Waals surface area contributed by atoms with Crippen LogP contribution in [0.4, 0.5) is 0 Å². The van der Waals surface area contributed by atoms with Gasteiger partial charge in [0.15, 0.2) is 0 Å². The van der Waals surface area contributed by atoms with E-state index in [1.807, 2.05) is 24.3 Å². The van der Waals surface area contributed by atoms with Gasteiger partial charge in [0.2, 0.25) is 0 Å². The second-order valence-electron chi connectivity index (χ2n) is 3.48. The van der Waals surface area contributed by atoms with Gasteiger partial charge in [-0.2, -0.15) is 0 Å². The number of carbonyl (C=O) groups excluding carboxylic acids is 1. The fourth-order valence-corrected chi connectivity index (χ4v) is 2.48. The molecule has 2 rings (SSSR count). The number of rotatable bonds is 2. The average Bonchev–Trinajstić information content (AvgIpc) is 2.37. The molecule has 88 valence electrons. The molecule has 0 atom stereocenters. The van der Waals surface area contributed by atoms with Crippen molar-refractivity contribution in [1.82, 2.24) is 0 Å². The Kier molecular flexibility index (Phi) is 3.33. The lowest BCUT2D eigenvalue weighted by molar-refractivity contribution is 0.0597.